The molecule has 0 aromatic carbocycles. The molecule has 0 bridgehead atoms. The first-order chi connectivity index (χ1) is 10.7. The average Bonchev–Trinajstić information content (AvgIpc) is 2.99. The molecular weight excluding hydrogens is 298 g/mol. The maximum atomic E-state index is 12.5. The van der Waals surface area contributed by atoms with Gasteiger partial charge < -0.3 is 15.5 Å². The Morgan fingerprint density at radius 3 is 2.95 bits per heavy atom. The first-order valence-electron chi connectivity index (χ1n) is 7.68. The monoisotopic (exact) mass is 319 g/mol. The highest BCUT2D eigenvalue weighted by molar-refractivity contribution is 7.18. The van der Waals surface area contributed by atoms with Gasteiger partial charge in [-0.1, -0.05) is 6.92 Å². The topological polar surface area (TPSA) is 70.2 Å². The van der Waals surface area contributed by atoms with Crippen molar-refractivity contribution in [2.45, 2.75) is 26.3 Å². The van der Waals surface area contributed by atoms with E-state index in [2.05, 4.69) is 33.6 Å². The van der Waals surface area contributed by atoms with Crippen LogP contribution in [-0.4, -0.2) is 53.0 Å². The van der Waals surface area contributed by atoms with Crippen molar-refractivity contribution < 1.29 is 4.79 Å². The van der Waals surface area contributed by atoms with Crippen molar-refractivity contribution in [1.29, 1.82) is 0 Å². The molecule has 118 valence electrons. The summed E-state index contributed by atoms with van der Waals surface area (Å²) in [5, 5.41) is 7.53. The fourth-order valence-corrected chi connectivity index (χ4v) is 3.56. The summed E-state index contributed by atoms with van der Waals surface area (Å²) in [4.78, 5) is 25.3. The molecule has 2 aromatic rings. The zero-order valence-corrected chi connectivity index (χ0v) is 13.7. The second-order valence-electron chi connectivity index (χ2n) is 5.45. The van der Waals surface area contributed by atoms with E-state index in [1.165, 1.54) is 4.88 Å². The van der Waals surface area contributed by atoms with Crippen LogP contribution in [0, 0.1) is 0 Å². The number of nitrogens with zero attached hydrogens (tertiary/aromatic N) is 3. The highest BCUT2D eigenvalue weighted by Gasteiger charge is 2.22. The van der Waals surface area contributed by atoms with Gasteiger partial charge in [-0.15, -0.1) is 11.3 Å². The fourth-order valence-electron chi connectivity index (χ4n) is 2.62. The minimum absolute atomic E-state index is 0.124. The van der Waals surface area contributed by atoms with E-state index < -0.39 is 0 Å². The number of amides is 1. The molecule has 22 heavy (non-hydrogen) atoms. The van der Waals surface area contributed by atoms with Crippen LogP contribution in [0.4, 0.5) is 5.82 Å². The Kier molecular flexibility index (Phi) is 4.54. The van der Waals surface area contributed by atoms with Gasteiger partial charge in [0.1, 0.15) is 23.0 Å². The summed E-state index contributed by atoms with van der Waals surface area (Å²) in [5.74, 6) is 0.871. The third-order valence-corrected chi connectivity index (χ3v) is 5.07. The van der Waals surface area contributed by atoms with Crippen molar-refractivity contribution in [3.63, 3.8) is 0 Å². The van der Waals surface area contributed by atoms with Gasteiger partial charge in [0.2, 0.25) is 5.91 Å². The molecule has 1 aliphatic rings. The summed E-state index contributed by atoms with van der Waals surface area (Å²) in [7, 11) is 0. The van der Waals surface area contributed by atoms with Crippen molar-refractivity contribution in [1.82, 2.24) is 20.2 Å². The number of thiophene rings is 1. The molecule has 3 rings (SSSR count). The number of piperazine rings is 1. The molecule has 2 N–H and O–H groups in total. The van der Waals surface area contributed by atoms with Crippen LogP contribution in [0.5, 0.6) is 0 Å². The highest BCUT2D eigenvalue weighted by atomic mass is 32.1. The molecule has 1 fully saturated rings. The Balaban J connectivity index is 1.77. The Morgan fingerprint density at radius 1 is 1.45 bits per heavy atom. The molecule has 1 unspecified atom stereocenters. The number of aromatic nitrogens is 2. The molecule has 0 saturated carbocycles. The third-order valence-electron chi connectivity index (χ3n) is 3.88. The second kappa shape index (κ2) is 6.58. The van der Waals surface area contributed by atoms with Crippen LogP contribution in [0.1, 0.15) is 18.7 Å². The lowest BCUT2D eigenvalue weighted by Gasteiger charge is -2.30. The van der Waals surface area contributed by atoms with Crippen molar-refractivity contribution >= 4 is 33.3 Å². The Morgan fingerprint density at radius 2 is 2.23 bits per heavy atom. The van der Waals surface area contributed by atoms with Gasteiger partial charge in [0.05, 0.1) is 5.39 Å². The summed E-state index contributed by atoms with van der Waals surface area (Å²) < 4.78 is 0. The van der Waals surface area contributed by atoms with Crippen LogP contribution in [0.15, 0.2) is 12.4 Å². The molecule has 1 atom stereocenters. The Hall–Kier alpha value is -1.73. The highest BCUT2D eigenvalue weighted by Crippen LogP contribution is 2.28. The lowest BCUT2D eigenvalue weighted by atomic mass is 10.2. The number of hydrogen-bond donors (Lipinski definition) is 2. The van der Waals surface area contributed by atoms with Crippen LogP contribution in [0.25, 0.3) is 10.2 Å². The van der Waals surface area contributed by atoms with E-state index in [0.717, 1.165) is 48.6 Å². The Bertz CT molecular complexity index is 665. The zero-order chi connectivity index (χ0) is 15.5. The van der Waals surface area contributed by atoms with E-state index in [0.29, 0.717) is 0 Å². The molecule has 0 aliphatic carbocycles. The van der Waals surface area contributed by atoms with Crippen LogP contribution in [0.3, 0.4) is 0 Å². The molecule has 7 heteroatoms. The number of carbonyl (C=O) groups excluding carboxylic acids is 1. The summed E-state index contributed by atoms with van der Waals surface area (Å²) in [6.45, 7) is 7.28. The lowest BCUT2D eigenvalue weighted by molar-refractivity contribution is -0.132. The van der Waals surface area contributed by atoms with E-state index in [1.54, 1.807) is 17.7 Å². The fraction of sp³-hybridized carbons (Fsp3) is 0.533. The van der Waals surface area contributed by atoms with Crippen molar-refractivity contribution in [2.24, 2.45) is 0 Å². The smallest absolute Gasteiger partial charge is 0.244 e. The predicted octanol–water partition coefficient (Wildman–Crippen LogP) is 1.49. The normalized spacial score (nSPS) is 16.7. The van der Waals surface area contributed by atoms with Gasteiger partial charge in [0.15, 0.2) is 0 Å². The quantitative estimate of drug-likeness (QED) is 0.893. The summed E-state index contributed by atoms with van der Waals surface area (Å²) >= 11 is 1.68. The van der Waals surface area contributed by atoms with Gasteiger partial charge in [-0.3, -0.25) is 4.79 Å². The number of anilines is 1. The van der Waals surface area contributed by atoms with Gasteiger partial charge >= 0.3 is 0 Å². The van der Waals surface area contributed by atoms with Gasteiger partial charge in [-0.05, 0) is 19.4 Å². The number of nitrogens with one attached hydrogen (secondary N) is 2. The van der Waals surface area contributed by atoms with E-state index in [1.807, 2.05) is 11.8 Å². The molecule has 6 nitrogen and oxygen atoms in total. The van der Waals surface area contributed by atoms with E-state index in [9.17, 15) is 4.79 Å². The van der Waals surface area contributed by atoms with Crippen LogP contribution >= 0.6 is 11.3 Å². The molecule has 1 amide bonds. The first kappa shape index (κ1) is 15.2. The average molecular weight is 319 g/mol. The number of rotatable bonds is 4. The molecular formula is C15H21N5OS. The minimum atomic E-state index is -0.291. The molecule has 2 aromatic heterocycles. The minimum Gasteiger partial charge on any atom is -0.358 e. The molecule has 0 radical (unpaired) electrons. The van der Waals surface area contributed by atoms with Gasteiger partial charge in [0, 0.05) is 31.1 Å². The van der Waals surface area contributed by atoms with Gasteiger partial charge in [-0.25, -0.2) is 9.97 Å². The second-order valence-corrected chi connectivity index (χ2v) is 6.56. The van der Waals surface area contributed by atoms with E-state index in [-0.39, 0.29) is 11.9 Å². The van der Waals surface area contributed by atoms with Crippen LogP contribution in [-0.2, 0) is 11.2 Å². The number of carbonyl (C=O) groups is 1. The van der Waals surface area contributed by atoms with Crippen LogP contribution < -0.4 is 10.6 Å². The largest absolute Gasteiger partial charge is 0.358 e. The van der Waals surface area contributed by atoms with Crippen molar-refractivity contribution in [3.8, 4) is 0 Å². The lowest BCUT2D eigenvalue weighted by Crippen LogP contribution is -2.50. The maximum Gasteiger partial charge on any atom is 0.244 e. The maximum absolute atomic E-state index is 12.5. The van der Waals surface area contributed by atoms with E-state index >= 15 is 0 Å². The molecule has 0 spiro atoms. The predicted molar refractivity (Wildman–Crippen MR) is 89.3 cm³/mol. The van der Waals surface area contributed by atoms with Crippen molar-refractivity contribution in [2.75, 3.05) is 31.5 Å². The number of hydrogen-bond acceptors (Lipinski definition) is 6. The molecule has 1 aliphatic heterocycles. The standard InChI is InChI=1S/C15H21N5OS/c1-3-11-8-12-13(17-9-18-14(12)22-11)19-10(2)15(21)20-6-4-16-5-7-20/h8-10,16H,3-7H2,1-2H3,(H,17,18,19). The summed E-state index contributed by atoms with van der Waals surface area (Å²) in [6.07, 6.45) is 2.54. The third kappa shape index (κ3) is 3.05. The van der Waals surface area contributed by atoms with Crippen LogP contribution in [0.2, 0.25) is 0 Å². The molecule has 3 heterocycles. The van der Waals surface area contributed by atoms with Gasteiger partial charge in [-0.2, -0.15) is 0 Å². The zero-order valence-electron chi connectivity index (χ0n) is 12.9. The van der Waals surface area contributed by atoms with Crippen molar-refractivity contribution in [3.05, 3.63) is 17.3 Å². The first-order valence-corrected chi connectivity index (χ1v) is 8.50. The van der Waals surface area contributed by atoms with Gasteiger partial charge in [0.25, 0.3) is 0 Å². The number of aryl methyl sites for hydroxylation is 1. The number of fused-ring (bicyclic) bond motifs is 1. The van der Waals surface area contributed by atoms with E-state index in [4.69, 9.17) is 0 Å². The molecule has 1 saturated heterocycles. The SMILES string of the molecule is CCc1cc2c(NC(C)C(=O)N3CCNCC3)ncnc2s1. The summed E-state index contributed by atoms with van der Waals surface area (Å²) in [5.41, 5.74) is 0. The Labute approximate surface area is 133 Å². The summed E-state index contributed by atoms with van der Waals surface area (Å²) in [6, 6.07) is 1.82.